The summed E-state index contributed by atoms with van der Waals surface area (Å²) in [6.07, 6.45) is 6.79. The van der Waals surface area contributed by atoms with E-state index in [1.807, 2.05) is 6.92 Å². The van der Waals surface area contributed by atoms with E-state index in [9.17, 15) is 0 Å². The molecule has 1 aliphatic heterocycles. The van der Waals surface area contributed by atoms with Crippen LogP contribution in [0, 0.1) is 0 Å². The van der Waals surface area contributed by atoms with Crippen LogP contribution in [0.4, 0.5) is 0 Å². The monoisotopic (exact) mass is 312 g/mol. The molecule has 1 heterocycles. The molecule has 2 fully saturated rings. The molecular weight excluding hydrogens is 283 g/mol. The van der Waals surface area contributed by atoms with Gasteiger partial charge in [0.1, 0.15) is 0 Å². The Hall–Kier alpha value is -1.06. The second-order valence-electron chi connectivity index (χ2n) is 7.89. The summed E-state index contributed by atoms with van der Waals surface area (Å²) in [5.74, 6) is 0.736. The minimum absolute atomic E-state index is 0.313. The number of hydrogen-bond acceptors (Lipinski definition) is 2. The van der Waals surface area contributed by atoms with Crippen molar-refractivity contribution in [3.05, 3.63) is 42.0 Å². The van der Waals surface area contributed by atoms with Gasteiger partial charge in [0, 0.05) is 0 Å². The summed E-state index contributed by atoms with van der Waals surface area (Å²) in [5.41, 5.74) is 2.73. The van der Waals surface area contributed by atoms with Crippen LogP contribution in [0.25, 0.3) is 0 Å². The first kappa shape index (κ1) is 16.8. The van der Waals surface area contributed by atoms with E-state index in [0.29, 0.717) is 0 Å². The largest absolute Gasteiger partial charge is 0.495 e. The second-order valence-corrected chi connectivity index (χ2v) is 7.89. The van der Waals surface area contributed by atoms with Gasteiger partial charge < -0.3 is 9.31 Å². The SMILES string of the molecule is C=C(C)C1(C)OB(c2ccc(C3CCCCC3)cc2)OC1(C)C. The second kappa shape index (κ2) is 6.10. The Labute approximate surface area is 141 Å². The molecule has 0 N–H and O–H groups in total. The molecule has 3 heteroatoms. The Kier molecular flexibility index (Phi) is 4.46. The van der Waals surface area contributed by atoms with Crippen LogP contribution in [-0.2, 0) is 9.31 Å². The van der Waals surface area contributed by atoms with Crippen molar-refractivity contribution in [1.82, 2.24) is 0 Å². The Morgan fingerprint density at radius 2 is 1.65 bits per heavy atom. The van der Waals surface area contributed by atoms with Crippen LogP contribution in [0.2, 0.25) is 0 Å². The van der Waals surface area contributed by atoms with E-state index in [1.165, 1.54) is 37.7 Å². The molecule has 0 spiro atoms. The third-order valence-corrected chi connectivity index (χ3v) is 5.99. The molecule has 124 valence electrons. The Balaban J connectivity index is 1.77. The van der Waals surface area contributed by atoms with E-state index >= 15 is 0 Å². The standard InChI is InChI=1S/C20H29BO2/c1-15(2)20(5)19(3,4)22-21(23-20)18-13-11-17(12-14-18)16-9-7-6-8-10-16/h11-14,16H,1,6-10H2,2-5H3. The number of rotatable bonds is 3. The number of hydrogen-bond donors (Lipinski definition) is 0. The average molecular weight is 312 g/mol. The Morgan fingerprint density at radius 3 is 2.17 bits per heavy atom. The van der Waals surface area contributed by atoms with Crippen molar-refractivity contribution < 1.29 is 9.31 Å². The quantitative estimate of drug-likeness (QED) is 0.600. The molecule has 2 nitrogen and oxygen atoms in total. The van der Waals surface area contributed by atoms with Crippen LogP contribution in [0.15, 0.2) is 36.4 Å². The molecule has 2 aliphatic rings. The van der Waals surface area contributed by atoms with E-state index in [0.717, 1.165) is 17.0 Å². The maximum Gasteiger partial charge on any atom is 0.495 e. The maximum atomic E-state index is 6.28. The highest BCUT2D eigenvalue weighted by Gasteiger charge is 2.55. The first-order chi connectivity index (χ1) is 10.8. The van der Waals surface area contributed by atoms with Gasteiger partial charge in [-0.2, -0.15) is 0 Å². The molecule has 0 bridgehead atoms. The lowest BCUT2D eigenvalue weighted by Crippen LogP contribution is -2.45. The smallest absolute Gasteiger partial charge is 0.399 e. The van der Waals surface area contributed by atoms with Crippen LogP contribution in [-0.4, -0.2) is 18.3 Å². The van der Waals surface area contributed by atoms with E-state index in [4.69, 9.17) is 9.31 Å². The van der Waals surface area contributed by atoms with E-state index in [-0.39, 0.29) is 12.7 Å². The molecule has 1 aromatic rings. The fourth-order valence-corrected chi connectivity index (χ4v) is 3.87. The van der Waals surface area contributed by atoms with E-state index in [2.05, 4.69) is 51.6 Å². The maximum absolute atomic E-state index is 6.28. The molecule has 1 saturated carbocycles. The molecule has 1 atom stereocenters. The minimum atomic E-state index is -0.459. The summed E-state index contributed by atoms with van der Waals surface area (Å²) in [6.45, 7) is 12.4. The predicted octanol–water partition coefficient (Wildman–Crippen LogP) is 4.59. The predicted molar refractivity (Wildman–Crippen MR) is 97.1 cm³/mol. The fraction of sp³-hybridized carbons (Fsp3) is 0.600. The van der Waals surface area contributed by atoms with Crippen molar-refractivity contribution in [3.63, 3.8) is 0 Å². The first-order valence-corrected chi connectivity index (χ1v) is 8.95. The van der Waals surface area contributed by atoms with Gasteiger partial charge in [0.05, 0.1) is 11.2 Å². The summed E-state index contributed by atoms with van der Waals surface area (Å²) in [7, 11) is -0.313. The molecular formula is C20H29BO2. The lowest BCUT2D eigenvalue weighted by molar-refractivity contribution is 0.0200. The Morgan fingerprint density at radius 1 is 1.04 bits per heavy atom. The van der Waals surface area contributed by atoms with Gasteiger partial charge in [-0.25, -0.2) is 0 Å². The van der Waals surface area contributed by atoms with E-state index < -0.39 is 5.60 Å². The minimum Gasteiger partial charge on any atom is -0.399 e. The topological polar surface area (TPSA) is 18.5 Å². The summed E-state index contributed by atoms with van der Waals surface area (Å²) >= 11 is 0. The van der Waals surface area contributed by atoms with Crippen LogP contribution < -0.4 is 5.46 Å². The normalized spacial score (nSPS) is 28.1. The van der Waals surface area contributed by atoms with Gasteiger partial charge in [-0.05, 0) is 63.1 Å². The molecule has 3 rings (SSSR count). The molecule has 0 radical (unpaired) electrons. The third-order valence-electron chi connectivity index (χ3n) is 5.99. The molecule has 1 aromatic carbocycles. The van der Waals surface area contributed by atoms with Crippen LogP contribution in [0.3, 0.4) is 0 Å². The Bertz CT molecular complexity index is 572. The van der Waals surface area contributed by atoms with Gasteiger partial charge in [0.15, 0.2) is 0 Å². The summed E-state index contributed by atoms with van der Waals surface area (Å²) < 4.78 is 12.5. The summed E-state index contributed by atoms with van der Waals surface area (Å²) in [4.78, 5) is 0. The van der Waals surface area contributed by atoms with Crippen LogP contribution in [0.1, 0.15) is 71.3 Å². The fourth-order valence-electron chi connectivity index (χ4n) is 3.87. The molecule has 1 saturated heterocycles. The van der Waals surface area contributed by atoms with Crippen molar-refractivity contribution in [2.24, 2.45) is 0 Å². The summed E-state index contributed by atoms with van der Waals surface area (Å²) in [5, 5.41) is 0. The van der Waals surface area contributed by atoms with Gasteiger partial charge in [-0.1, -0.05) is 50.1 Å². The van der Waals surface area contributed by atoms with Gasteiger partial charge in [0.25, 0.3) is 0 Å². The molecule has 1 aliphatic carbocycles. The van der Waals surface area contributed by atoms with Gasteiger partial charge in [0.2, 0.25) is 0 Å². The van der Waals surface area contributed by atoms with Crippen LogP contribution in [0.5, 0.6) is 0 Å². The van der Waals surface area contributed by atoms with E-state index in [1.54, 1.807) is 0 Å². The van der Waals surface area contributed by atoms with Crippen molar-refractivity contribution in [2.45, 2.75) is 76.9 Å². The molecule has 23 heavy (non-hydrogen) atoms. The molecule has 0 amide bonds. The lowest BCUT2D eigenvalue weighted by Gasteiger charge is -2.36. The van der Waals surface area contributed by atoms with Gasteiger partial charge in [-0.15, -0.1) is 0 Å². The van der Waals surface area contributed by atoms with Gasteiger partial charge in [-0.3, -0.25) is 0 Å². The lowest BCUT2D eigenvalue weighted by atomic mass is 9.77. The van der Waals surface area contributed by atoms with Crippen molar-refractivity contribution in [3.8, 4) is 0 Å². The highest BCUT2D eigenvalue weighted by molar-refractivity contribution is 6.62. The van der Waals surface area contributed by atoms with Crippen molar-refractivity contribution in [2.75, 3.05) is 0 Å². The molecule has 0 aromatic heterocycles. The highest BCUT2D eigenvalue weighted by Crippen LogP contribution is 2.41. The third kappa shape index (κ3) is 3.01. The van der Waals surface area contributed by atoms with Gasteiger partial charge >= 0.3 is 7.12 Å². The zero-order chi connectivity index (χ0) is 16.7. The average Bonchev–Trinajstić information content (AvgIpc) is 2.79. The van der Waals surface area contributed by atoms with Crippen LogP contribution >= 0.6 is 0 Å². The summed E-state index contributed by atoms with van der Waals surface area (Å²) in [6, 6.07) is 8.88. The molecule has 1 unspecified atom stereocenters. The number of benzene rings is 1. The first-order valence-electron chi connectivity index (χ1n) is 8.95. The van der Waals surface area contributed by atoms with Crippen molar-refractivity contribution in [1.29, 1.82) is 0 Å². The zero-order valence-corrected chi connectivity index (χ0v) is 15.0. The highest BCUT2D eigenvalue weighted by atomic mass is 16.7. The van der Waals surface area contributed by atoms with Crippen molar-refractivity contribution >= 4 is 12.6 Å². The zero-order valence-electron chi connectivity index (χ0n) is 15.0.